The first-order valence-electron chi connectivity index (χ1n) is 11.5. The van der Waals surface area contributed by atoms with Crippen LogP contribution in [-0.4, -0.2) is 26.7 Å². The predicted molar refractivity (Wildman–Crippen MR) is 133 cm³/mol. The molecule has 1 N–H and O–H groups in total. The van der Waals surface area contributed by atoms with Crippen molar-refractivity contribution in [2.24, 2.45) is 0 Å². The Morgan fingerprint density at radius 2 is 1.79 bits per heavy atom. The van der Waals surface area contributed by atoms with Crippen LogP contribution in [0.2, 0.25) is 0 Å². The molecule has 1 aliphatic rings. The summed E-state index contributed by atoms with van der Waals surface area (Å²) in [6.45, 7) is 7.22. The molecule has 1 aromatic heterocycles. The highest BCUT2D eigenvalue weighted by Gasteiger charge is 2.33. The molecule has 1 unspecified atom stereocenters. The van der Waals surface area contributed by atoms with Gasteiger partial charge in [0.2, 0.25) is 5.82 Å². The first-order valence-corrected chi connectivity index (χ1v) is 11.9. The van der Waals surface area contributed by atoms with Crippen LogP contribution in [0.15, 0.2) is 58.8 Å². The van der Waals surface area contributed by atoms with Gasteiger partial charge in [-0.1, -0.05) is 56.1 Å². The van der Waals surface area contributed by atoms with Crippen LogP contribution < -0.4 is 5.32 Å². The Hall–Kier alpha value is -3.06. The average Bonchev–Trinajstić information content (AvgIpc) is 3.31. The number of unbranched alkanes of at least 4 members (excludes halogenated alkanes) is 2. The minimum atomic E-state index is -0.302. The minimum absolute atomic E-state index is 0.202. The lowest BCUT2D eigenvalue weighted by Crippen LogP contribution is -2.46. The first-order chi connectivity index (χ1) is 16.0. The van der Waals surface area contributed by atoms with Crippen molar-refractivity contribution in [1.29, 1.82) is 0 Å². The summed E-state index contributed by atoms with van der Waals surface area (Å²) in [5.41, 5.74) is 4.97. The number of nitrogens with one attached hydrogen (secondary N) is 1. The van der Waals surface area contributed by atoms with Gasteiger partial charge < -0.3 is 14.7 Å². The van der Waals surface area contributed by atoms with E-state index in [0.717, 1.165) is 49.1 Å². The molecule has 0 radical (unpaired) electrons. The van der Waals surface area contributed by atoms with Gasteiger partial charge in [-0.15, -0.1) is 0 Å². The molecule has 2 aromatic carbocycles. The zero-order valence-corrected chi connectivity index (χ0v) is 20.1. The van der Waals surface area contributed by atoms with E-state index in [-0.39, 0.29) is 11.9 Å². The second-order valence-electron chi connectivity index (χ2n) is 8.27. The lowest BCUT2D eigenvalue weighted by Gasteiger charge is -2.37. The fourth-order valence-electron chi connectivity index (χ4n) is 4.09. The quantitative estimate of drug-likeness (QED) is 0.312. The van der Waals surface area contributed by atoms with Crippen LogP contribution in [-0.2, 0) is 6.42 Å². The van der Waals surface area contributed by atoms with Crippen molar-refractivity contribution in [3.8, 4) is 11.4 Å². The van der Waals surface area contributed by atoms with E-state index in [1.54, 1.807) is 12.1 Å². The van der Waals surface area contributed by atoms with Gasteiger partial charge in [0.1, 0.15) is 5.82 Å². The maximum atomic E-state index is 13.4. The SMILES string of the molecule is CCCCCN1C(=S)NC(c2ccc(CC)cc2)C(c2nc(-c3ccc(F)cc3)no2)=C1C. The zero-order valence-electron chi connectivity index (χ0n) is 19.3. The number of aromatic nitrogens is 2. The standard InChI is InChI=1S/C26H29FN4OS/c1-4-6-7-16-31-17(3)22(23(28-26(31)33)19-10-8-18(5-2)9-11-19)25-29-24(30-32-25)20-12-14-21(27)15-13-20/h8-15,23H,4-7,16H2,1-3H3,(H,28,33). The molecule has 33 heavy (non-hydrogen) atoms. The summed E-state index contributed by atoms with van der Waals surface area (Å²) in [7, 11) is 0. The van der Waals surface area contributed by atoms with Crippen molar-refractivity contribution in [3.63, 3.8) is 0 Å². The van der Waals surface area contributed by atoms with Crippen LogP contribution in [0.1, 0.15) is 63.1 Å². The molecule has 1 aliphatic heterocycles. The third-order valence-corrected chi connectivity index (χ3v) is 6.40. The number of nitrogens with zero attached hydrogens (tertiary/aromatic N) is 3. The van der Waals surface area contributed by atoms with Crippen molar-refractivity contribution in [1.82, 2.24) is 20.4 Å². The second-order valence-corrected chi connectivity index (χ2v) is 8.65. The number of hydrogen-bond donors (Lipinski definition) is 1. The highest BCUT2D eigenvalue weighted by atomic mass is 32.1. The summed E-state index contributed by atoms with van der Waals surface area (Å²) in [6, 6.07) is 14.4. The van der Waals surface area contributed by atoms with E-state index in [1.165, 1.54) is 17.7 Å². The van der Waals surface area contributed by atoms with Gasteiger partial charge in [-0.05, 0) is 67.4 Å². The molecule has 5 nitrogen and oxygen atoms in total. The van der Waals surface area contributed by atoms with E-state index in [9.17, 15) is 4.39 Å². The molecular weight excluding hydrogens is 435 g/mol. The number of hydrogen-bond acceptors (Lipinski definition) is 4. The van der Waals surface area contributed by atoms with Gasteiger partial charge in [-0.25, -0.2) is 4.39 Å². The maximum absolute atomic E-state index is 13.4. The number of allylic oxidation sites excluding steroid dienone is 1. The van der Waals surface area contributed by atoms with Crippen LogP contribution in [0, 0.1) is 5.82 Å². The minimum Gasteiger partial charge on any atom is -0.351 e. The van der Waals surface area contributed by atoms with Gasteiger partial charge in [0, 0.05) is 17.8 Å². The smallest absolute Gasteiger partial charge is 0.258 e. The van der Waals surface area contributed by atoms with Crippen LogP contribution >= 0.6 is 12.2 Å². The van der Waals surface area contributed by atoms with Crippen LogP contribution in [0.25, 0.3) is 17.0 Å². The number of aryl methyl sites for hydroxylation is 1. The van der Waals surface area contributed by atoms with Gasteiger partial charge in [0.05, 0.1) is 11.6 Å². The van der Waals surface area contributed by atoms with Crippen molar-refractivity contribution < 1.29 is 8.91 Å². The molecular formula is C26H29FN4OS. The molecule has 172 valence electrons. The Labute approximate surface area is 199 Å². The molecule has 0 amide bonds. The molecule has 2 heterocycles. The van der Waals surface area contributed by atoms with E-state index >= 15 is 0 Å². The Morgan fingerprint density at radius 1 is 1.06 bits per heavy atom. The molecule has 0 saturated heterocycles. The van der Waals surface area contributed by atoms with Crippen molar-refractivity contribution >= 4 is 22.9 Å². The molecule has 4 rings (SSSR count). The average molecular weight is 465 g/mol. The highest BCUT2D eigenvalue weighted by Crippen LogP contribution is 2.37. The first kappa shape index (κ1) is 23.1. The topological polar surface area (TPSA) is 54.2 Å². The summed E-state index contributed by atoms with van der Waals surface area (Å²) in [5, 5.41) is 8.39. The number of benzene rings is 2. The van der Waals surface area contributed by atoms with Crippen molar-refractivity contribution in [2.75, 3.05) is 6.54 Å². The Kier molecular flexibility index (Phi) is 7.18. The van der Waals surface area contributed by atoms with E-state index in [0.29, 0.717) is 22.4 Å². The van der Waals surface area contributed by atoms with Gasteiger partial charge in [0.15, 0.2) is 5.11 Å². The van der Waals surface area contributed by atoms with Crippen LogP contribution in [0.4, 0.5) is 4.39 Å². The Bertz CT molecular complexity index is 1140. The van der Waals surface area contributed by atoms with Gasteiger partial charge in [-0.3, -0.25) is 0 Å². The molecule has 3 aromatic rings. The summed E-state index contributed by atoms with van der Waals surface area (Å²) in [6.07, 6.45) is 4.30. The van der Waals surface area contributed by atoms with E-state index < -0.39 is 0 Å². The Morgan fingerprint density at radius 3 is 2.45 bits per heavy atom. The second kappa shape index (κ2) is 10.3. The molecule has 0 fully saturated rings. The molecule has 0 bridgehead atoms. The van der Waals surface area contributed by atoms with Gasteiger partial charge in [0.25, 0.3) is 5.89 Å². The third kappa shape index (κ3) is 4.98. The van der Waals surface area contributed by atoms with Crippen molar-refractivity contribution in [2.45, 2.75) is 52.5 Å². The fraction of sp³-hybridized carbons (Fsp3) is 0.346. The number of thiocarbonyl (C=S) groups is 1. The molecule has 7 heteroatoms. The monoisotopic (exact) mass is 464 g/mol. The van der Waals surface area contributed by atoms with E-state index in [2.05, 4.69) is 65.4 Å². The lowest BCUT2D eigenvalue weighted by molar-refractivity contribution is 0.395. The van der Waals surface area contributed by atoms with Crippen LogP contribution in [0.5, 0.6) is 0 Å². The van der Waals surface area contributed by atoms with E-state index in [1.807, 2.05) is 0 Å². The number of halogens is 1. The Balaban J connectivity index is 1.75. The summed E-state index contributed by atoms with van der Waals surface area (Å²) >= 11 is 5.75. The van der Waals surface area contributed by atoms with Gasteiger partial charge >= 0.3 is 0 Å². The molecule has 0 saturated carbocycles. The summed E-state index contributed by atoms with van der Waals surface area (Å²) in [5.74, 6) is 0.562. The zero-order chi connectivity index (χ0) is 23.4. The summed E-state index contributed by atoms with van der Waals surface area (Å²) < 4.78 is 19.1. The summed E-state index contributed by atoms with van der Waals surface area (Å²) in [4.78, 5) is 6.81. The fourth-order valence-corrected chi connectivity index (χ4v) is 4.44. The van der Waals surface area contributed by atoms with Gasteiger partial charge in [-0.2, -0.15) is 4.98 Å². The normalized spacial score (nSPS) is 16.3. The molecule has 0 aliphatic carbocycles. The van der Waals surface area contributed by atoms with E-state index in [4.69, 9.17) is 16.7 Å². The predicted octanol–water partition coefficient (Wildman–Crippen LogP) is 6.29. The molecule has 1 atom stereocenters. The third-order valence-electron chi connectivity index (χ3n) is 6.06. The largest absolute Gasteiger partial charge is 0.351 e. The lowest BCUT2D eigenvalue weighted by atomic mass is 9.93. The highest BCUT2D eigenvalue weighted by molar-refractivity contribution is 7.80. The van der Waals surface area contributed by atoms with Crippen LogP contribution in [0.3, 0.4) is 0 Å². The number of rotatable bonds is 8. The maximum Gasteiger partial charge on any atom is 0.258 e. The molecule has 0 spiro atoms. The van der Waals surface area contributed by atoms with Crippen molar-refractivity contribution in [3.05, 3.63) is 77.1 Å².